The molecule has 106 valence electrons. The number of aromatic nitrogens is 1. The molecule has 0 spiro atoms. The van der Waals surface area contributed by atoms with Gasteiger partial charge in [0.05, 0.1) is 11.9 Å². The van der Waals surface area contributed by atoms with Crippen molar-refractivity contribution < 1.29 is 9.53 Å². The number of esters is 1. The van der Waals surface area contributed by atoms with E-state index < -0.39 is 5.60 Å². The molecule has 0 fully saturated rings. The summed E-state index contributed by atoms with van der Waals surface area (Å²) in [4.78, 5) is 16.5. The maximum absolute atomic E-state index is 11.9. The molecular weight excluding hydrogens is 318 g/mol. The van der Waals surface area contributed by atoms with Gasteiger partial charge in [-0.3, -0.25) is 9.78 Å². The lowest BCUT2D eigenvalue weighted by atomic mass is 10.1. The first-order valence-corrected chi connectivity index (χ1v) is 7.31. The average Bonchev–Trinajstić information content (AvgIpc) is 2.28. The minimum Gasteiger partial charge on any atom is -0.460 e. The third-order valence-electron chi connectivity index (χ3n) is 2.83. The Morgan fingerprint density at radius 1 is 1.30 bits per heavy atom. The minimum atomic E-state index is -0.458. The predicted molar refractivity (Wildman–Crippen MR) is 83.7 cm³/mol. The van der Waals surface area contributed by atoms with Crippen LogP contribution in [0.1, 0.15) is 32.0 Å². The summed E-state index contributed by atoms with van der Waals surface area (Å²) < 4.78 is 6.35. The number of nitrogens with zero attached hydrogens (tertiary/aromatic N) is 1. The molecule has 0 amide bonds. The summed E-state index contributed by atoms with van der Waals surface area (Å²) >= 11 is 3.43. The Kier molecular flexibility index (Phi) is 4.14. The zero-order chi connectivity index (χ0) is 14.9. The van der Waals surface area contributed by atoms with Crippen LogP contribution in [0.2, 0.25) is 0 Å². The zero-order valence-electron chi connectivity index (χ0n) is 12.2. The van der Waals surface area contributed by atoms with Gasteiger partial charge in [-0.15, -0.1) is 0 Å². The molecule has 4 heteroatoms. The fourth-order valence-corrected chi connectivity index (χ4v) is 2.34. The lowest BCUT2D eigenvalue weighted by molar-refractivity contribution is -0.153. The van der Waals surface area contributed by atoms with E-state index in [4.69, 9.17) is 4.74 Å². The number of ether oxygens (including phenoxy) is 1. The first kappa shape index (κ1) is 15.0. The molecule has 0 aliphatic heterocycles. The number of rotatable bonds is 2. The largest absolute Gasteiger partial charge is 0.460 e. The summed E-state index contributed by atoms with van der Waals surface area (Å²) in [5.41, 5.74) is 2.24. The van der Waals surface area contributed by atoms with E-state index in [0.717, 1.165) is 26.6 Å². The topological polar surface area (TPSA) is 39.2 Å². The highest BCUT2D eigenvalue weighted by Crippen LogP contribution is 2.21. The van der Waals surface area contributed by atoms with E-state index in [2.05, 4.69) is 20.9 Å². The maximum Gasteiger partial charge on any atom is 0.310 e. The first-order valence-electron chi connectivity index (χ1n) is 6.52. The van der Waals surface area contributed by atoms with Crippen LogP contribution >= 0.6 is 15.9 Å². The fourth-order valence-electron chi connectivity index (χ4n) is 1.99. The molecule has 0 unspecified atom stereocenters. The second-order valence-electron chi connectivity index (χ2n) is 5.83. The Morgan fingerprint density at radius 2 is 2.00 bits per heavy atom. The smallest absolute Gasteiger partial charge is 0.310 e. The quantitative estimate of drug-likeness (QED) is 0.772. The van der Waals surface area contributed by atoms with Gasteiger partial charge in [-0.05, 0) is 51.5 Å². The molecule has 1 aromatic heterocycles. The highest BCUT2D eigenvalue weighted by molar-refractivity contribution is 9.10. The van der Waals surface area contributed by atoms with Crippen LogP contribution in [-0.2, 0) is 16.0 Å². The van der Waals surface area contributed by atoms with Gasteiger partial charge < -0.3 is 4.74 Å². The van der Waals surface area contributed by atoms with Crippen LogP contribution in [0, 0.1) is 6.92 Å². The van der Waals surface area contributed by atoms with Crippen molar-refractivity contribution in [2.45, 2.75) is 39.7 Å². The van der Waals surface area contributed by atoms with Crippen LogP contribution < -0.4 is 0 Å². The van der Waals surface area contributed by atoms with Gasteiger partial charge in [0.15, 0.2) is 0 Å². The van der Waals surface area contributed by atoms with Crippen LogP contribution in [0.15, 0.2) is 28.7 Å². The van der Waals surface area contributed by atoms with Gasteiger partial charge in [0.25, 0.3) is 0 Å². The molecule has 0 aliphatic carbocycles. The van der Waals surface area contributed by atoms with E-state index >= 15 is 0 Å². The van der Waals surface area contributed by atoms with Gasteiger partial charge in [-0.1, -0.05) is 22.0 Å². The Bertz CT molecular complexity index is 659. The molecule has 0 saturated carbocycles. The predicted octanol–water partition coefficient (Wildman–Crippen LogP) is 4.19. The van der Waals surface area contributed by atoms with Crippen molar-refractivity contribution in [2.75, 3.05) is 0 Å². The monoisotopic (exact) mass is 335 g/mol. The molecule has 0 saturated heterocycles. The van der Waals surface area contributed by atoms with E-state index in [0.29, 0.717) is 0 Å². The van der Waals surface area contributed by atoms with Crippen molar-refractivity contribution >= 4 is 32.8 Å². The van der Waals surface area contributed by atoms with Gasteiger partial charge in [-0.25, -0.2) is 0 Å². The summed E-state index contributed by atoms with van der Waals surface area (Å²) in [7, 11) is 0. The van der Waals surface area contributed by atoms with Crippen molar-refractivity contribution in [3.05, 3.63) is 40.0 Å². The third kappa shape index (κ3) is 3.79. The zero-order valence-corrected chi connectivity index (χ0v) is 13.7. The molecule has 2 aromatic rings. The number of carbonyl (C=O) groups is 1. The number of benzene rings is 1. The minimum absolute atomic E-state index is 0.223. The summed E-state index contributed by atoms with van der Waals surface area (Å²) in [5.74, 6) is -0.223. The summed E-state index contributed by atoms with van der Waals surface area (Å²) in [6.07, 6.45) is 0.252. The van der Waals surface area contributed by atoms with Crippen LogP contribution in [0.25, 0.3) is 10.9 Å². The van der Waals surface area contributed by atoms with Crippen molar-refractivity contribution in [3.63, 3.8) is 0 Å². The molecule has 1 aromatic carbocycles. The number of hydrogen-bond donors (Lipinski definition) is 0. The molecule has 20 heavy (non-hydrogen) atoms. The molecule has 0 atom stereocenters. The highest BCUT2D eigenvalue weighted by atomic mass is 79.9. The molecule has 0 radical (unpaired) electrons. The van der Waals surface area contributed by atoms with Gasteiger partial charge >= 0.3 is 5.97 Å². The first-order chi connectivity index (χ1) is 9.24. The van der Waals surface area contributed by atoms with Crippen molar-refractivity contribution in [2.24, 2.45) is 0 Å². The van der Waals surface area contributed by atoms with Gasteiger partial charge in [0.1, 0.15) is 5.60 Å². The van der Waals surface area contributed by atoms with E-state index in [-0.39, 0.29) is 12.4 Å². The van der Waals surface area contributed by atoms with Crippen molar-refractivity contribution in [1.29, 1.82) is 0 Å². The highest BCUT2D eigenvalue weighted by Gasteiger charge is 2.17. The van der Waals surface area contributed by atoms with E-state index in [1.807, 2.05) is 52.0 Å². The van der Waals surface area contributed by atoms with E-state index in [1.54, 1.807) is 0 Å². The van der Waals surface area contributed by atoms with Gasteiger partial charge in [0.2, 0.25) is 0 Å². The lowest BCUT2D eigenvalue weighted by Gasteiger charge is -2.19. The number of fused-ring (bicyclic) bond motifs is 1. The Labute approximate surface area is 127 Å². The SMILES string of the molecule is Cc1nc2cc(Br)ccc2cc1CC(=O)OC(C)(C)C. The molecule has 0 bridgehead atoms. The van der Waals surface area contributed by atoms with E-state index in [1.165, 1.54) is 0 Å². The Hall–Kier alpha value is -1.42. The lowest BCUT2D eigenvalue weighted by Crippen LogP contribution is -2.25. The number of hydrogen-bond acceptors (Lipinski definition) is 3. The number of pyridine rings is 1. The number of halogens is 1. The Morgan fingerprint density at radius 3 is 2.65 bits per heavy atom. The van der Waals surface area contributed by atoms with Crippen molar-refractivity contribution in [3.8, 4) is 0 Å². The van der Waals surface area contributed by atoms with Crippen LogP contribution in [0.3, 0.4) is 0 Å². The maximum atomic E-state index is 11.9. The van der Waals surface area contributed by atoms with E-state index in [9.17, 15) is 4.79 Å². The Balaban J connectivity index is 2.29. The molecular formula is C16H18BrNO2. The molecule has 3 nitrogen and oxygen atoms in total. The normalized spacial score (nSPS) is 11.7. The van der Waals surface area contributed by atoms with Crippen molar-refractivity contribution in [1.82, 2.24) is 4.98 Å². The van der Waals surface area contributed by atoms with Gasteiger partial charge in [-0.2, -0.15) is 0 Å². The second kappa shape index (κ2) is 5.52. The summed E-state index contributed by atoms with van der Waals surface area (Å²) in [6, 6.07) is 7.94. The summed E-state index contributed by atoms with van der Waals surface area (Å²) in [6.45, 7) is 7.52. The molecule has 1 heterocycles. The number of aryl methyl sites for hydroxylation is 1. The molecule has 0 aliphatic rings. The third-order valence-corrected chi connectivity index (χ3v) is 3.32. The molecule has 0 N–H and O–H groups in total. The number of carbonyl (C=O) groups excluding carboxylic acids is 1. The second-order valence-corrected chi connectivity index (χ2v) is 6.75. The standard InChI is InChI=1S/C16H18BrNO2/c1-10-12(8-15(19)20-16(2,3)4)7-11-5-6-13(17)9-14(11)18-10/h5-7,9H,8H2,1-4H3. The van der Waals surface area contributed by atoms with Crippen LogP contribution in [0.4, 0.5) is 0 Å². The average molecular weight is 336 g/mol. The van der Waals surface area contributed by atoms with Crippen LogP contribution in [0.5, 0.6) is 0 Å². The summed E-state index contributed by atoms with van der Waals surface area (Å²) in [5, 5.41) is 1.03. The fraction of sp³-hybridized carbons (Fsp3) is 0.375. The van der Waals surface area contributed by atoms with Gasteiger partial charge in [0, 0.05) is 15.6 Å². The van der Waals surface area contributed by atoms with Crippen LogP contribution in [-0.4, -0.2) is 16.6 Å². The molecule has 2 rings (SSSR count).